The van der Waals surface area contributed by atoms with Crippen molar-refractivity contribution in [3.63, 3.8) is 0 Å². The highest BCUT2D eigenvalue weighted by Gasteiger charge is 2.35. The van der Waals surface area contributed by atoms with E-state index in [1.54, 1.807) is 12.1 Å². The summed E-state index contributed by atoms with van der Waals surface area (Å²) in [6, 6.07) is 4.59. The molecule has 1 aromatic rings. The van der Waals surface area contributed by atoms with Crippen LogP contribution in [0.1, 0.15) is 42.1 Å². The number of aromatic carboxylic acids is 1. The zero-order valence-electron chi connectivity index (χ0n) is 16.0. The number of carboxylic acids is 1. The first-order chi connectivity index (χ1) is 13.0. The van der Waals surface area contributed by atoms with Gasteiger partial charge in [-0.15, -0.1) is 0 Å². The number of benzene rings is 1. The molecular weight excluding hydrogens is 346 g/mol. The number of nitrogens with one attached hydrogen (secondary N) is 3. The Hall–Kier alpha value is -2.00. The van der Waals surface area contributed by atoms with Crippen molar-refractivity contribution in [3.05, 3.63) is 29.3 Å². The van der Waals surface area contributed by atoms with Gasteiger partial charge in [0.15, 0.2) is 0 Å². The van der Waals surface area contributed by atoms with E-state index in [0.29, 0.717) is 12.1 Å². The minimum atomic E-state index is -1.05. The van der Waals surface area contributed by atoms with Crippen LogP contribution in [0.4, 0.5) is 5.69 Å². The Bertz CT molecular complexity index is 690. The molecule has 1 amide bonds. The van der Waals surface area contributed by atoms with E-state index in [0.717, 1.165) is 44.7 Å². The van der Waals surface area contributed by atoms with Crippen molar-refractivity contribution >= 4 is 17.6 Å². The van der Waals surface area contributed by atoms with E-state index in [4.69, 9.17) is 0 Å². The third-order valence-corrected chi connectivity index (χ3v) is 5.15. The summed E-state index contributed by atoms with van der Waals surface area (Å²) >= 11 is 0. The van der Waals surface area contributed by atoms with Gasteiger partial charge in [0.1, 0.15) is 6.04 Å². The monoisotopic (exact) mass is 375 g/mol. The number of carbonyl (C=O) groups excluding carboxylic acids is 1. The van der Waals surface area contributed by atoms with Crippen molar-refractivity contribution in [1.82, 2.24) is 20.7 Å². The molecule has 2 atom stereocenters. The predicted molar refractivity (Wildman–Crippen MR) is 103 cm³/mol. The quantitative estimate of drug-likeness (QED) is 0.593. The SMILES string of the molecule is CCCN1NC(C(=O)Nc2cc(C)ccc2C(=O)O)CCC1N1CCNC1. The van der Waals surface area contributed by atoms with Crippen molar-refractivity contribution in [2.45, 2.75) is 45.3 Å². The second-order valence-corrected chi connectivity index (χ2v) is 7.25. The lowest BCUT2D eigenvalue weighted by atomic mass is 10.0. The minimum absolute atomic E-state index is 0.108. The van der Waals surface area contributed by atoms with Crippen LogP contribution in [0.5, 0.6) is 0 Å². The third kappa shape index (κ3) is 4.65. The van der Waals surface area contributed by atoms with E-state index in [9.17, 15) is 14.7 Å². The van der Waals surface area contributed by atoms with Crippen molar-refractivity contribution in [1.29, 1.82) is 0 Å². The topological polar surface area (TPSA) is 96.9 Å². The molecule has 2 saturated heterocycles. The predicted octanol–water partition coefficient (Wildman–Crippen LogP) is 1.20. The van der Waals surface area contributed by atoms with E-state index in [1.165, 1.54) is 6.07 Å². The van der Waals surface area contributed by atoms with Crippen LogP contribution in [0.15, 0.2) is 18.2 Å². The Balaban J connectivity index is 1.69. The van der Waals surface area contributed by atoms with Crippen LogP contribution >= 0.6 is 0 Å². The fourth-order valence-corrected chi connectivity index (χ4v) is 3.79. The van der Waals surface area contributed by atoms with Gasteiger partial charge in [-0.05, 0) is 43.9 Å². The summed E-state index contributed by atoms with van der Waals surface area (Å²) < 4.78 is 0. The van der Waals surface area contributed by atoms with Gasteiger partial charge < -0.3 is 15.7 Å². The first-order valence-corrected chi connectivity index (χ1v) is 9.62. The summed E-state index contributed by atoms with van der Waals surface area (Å²) in [6.07, 6.45) is 2.87. The number of nitrogens with zero attached hydrogens (tertiary/aromatic N) is 2. The Labute approximate surface area is 159 Å². The lowest BCUT2D eigenvalue weighted by Gasteiger charge is -2.43. The number of hydrogen-bond acceptors (Lipinski definition) is 6. The fraction of sp³-hybridized carbons (Fsp3) is 0.579. The van der Waals surface area contributed by atoms with Crippen LogP contribution in [0.3, 0.4) is 0 Å². The van der Waals surface area contributed by atoms with E-state index >= 15 is 0 Å². The number of carbonyl (C=O) groups is 2. The summed E-state index contributed by atoms with van der Waals surface area (Å²) in [5.74, 6) is -1.24. The number of rotatable bonds is 6. The molecule has 2 fully saturated rings. The number of anilines is 1. The summed E-state index contributed by atoms with van der Waals surface area (Å²) in [5.41, 5.74) is 4.73. The highest BCUT2D eigenvalue weighted by atomic mass is 16.4. The maximum absolute atomic E-state index is 12.8. The zero-order valence-corrected chi connectivity index (χ0v) is 16.0. The van der Waals surface area contributed by atoms with Gasteiger partial charge in [0.25, 0.3) is 0 Å². The van der Waals surface area contributed by atoms with Gasteiger partial charge in [0.05, 0.1) is 17.4 Å². The number of amides is 1. The van der Waals surface area contributed by atoms with E-state index in [2.05, 4.69) is 32.9 Å². The van der Waals surface area contributed by atoms with Crippen LogP contribution in [-0.2, 0) is 4.79 Å². The fourth-order valence-electron chi connectivity index (χ4n) is 3.79. The summed E-state index contributed by atoms with van der Waals surface area (Å²) in [6.45, 7) is 7.72. The minimum Gasteiger partial charge on any atom is -0.478 e. The Morgan fingerprint density at radius 1 is 1.33 bits per heavy atom. The first kappa shape index (κ1) is 19.8. The third-order valence-electron chi connectivity index (χ3n) is 5.15. The van der Waals surface area contributed by atoms with Crippen molar-refractivity contribution in [3.8, 4) is 0 Å². The molecule has 0 aromatic heterocycles. The van der Waals surface area contributed by atoms with Crippen LogP contribution in [-0.4, -0.2) is 65.4 Å². The summed E-state index contributed by atoms with van der Waals surface area (Å²) in [4.78, 5) is 26.6. The molecule has 2 aliphatic rings. The molecule has 3 rings (SSSR count). The van der Waals surface area contributed by atoms with E-state index in [-0.39, 0.29) is 23.7 Å². The van der Waals surface area contributed by atoms with Crippen LogP contribution in [0, 0.1) is 6.92 Å². The number of aryl methyl sites for hydroxylation is 1. The van der Waals surface area contributed by atoms with Crippen molar-refractivity contribution in [2.24, 2.45) is 0 Å². The number of hydrogen-bond donors (Lipinski definition) is 4. The summed E-state index contributed by atoms with van der Waals surface area (Å²) in [5, 5.41) is 17.7. The van der Waals surface area contributed by atoms with Gasteiger partial charge in [-0.2, -0.15) is 0 Å². The molecule has 0 radical (unpaired) electrons. The van der Waals surface area contributed by atoms with Crippen LogP contribution in [0.25, 0.3) is 0 Å². The van der Waals surface area contributed by atoms with Gasteiger partial charge in [-0.1, -0.05) is 13.0 Å². The molecule has 0 saturated carbocycles. The lowest BCUT2D eigenvalue weighted by molar-refractivity contribution is -0.124. The van der Waals surface area contributed by atoms with Gasteiger partial charge in [-0.25, -0.2) is 15.2 Å². The average molecular weight is 375 g/mol. The molecule has 0 bridgehead atoms. The Kier molecular flexibility index (Phi) is 6.43. The molecule has 27 heavy (non-hydrogen) atoms. The smallest absolute Gasteiger partial charge is 0.337 e. The lowest BCUT2D eigenvalue weighted by Crippen LogP contribution is -2.62. The van der Waals surface area contributed by atoms with Gasteiger partial charge >= 0.3 is 5.97 Å². The van der Waals surface area contributed by atoms with Crippen LogP contribution in [0.2, 0.25) is 0 Å². The second kappa shape index (κ2) is 8.79. The maximum atomic E-state index is 12.8. The van der Waals surface area contributed by atoms with Crippen molar-refractivity contribution < 1.29 is 14.7 Å². The standard InChI is InChI=1S/C19H29N5O3/c1-3-9-24-17(23-10-8-20-12-23)7-6-15(22-24)18(25)21-16-11-13(2)4-5-14(16)19(26)27/h4-5,11,15,17,20,22H,3,6-10,12H2,1-2H3,(H,21,25)(H,26,27). The molecule has 4 N–H and O–H groups in total. The Morgan fingerprint density at radius 3 is 2.81 bits per heavy atom. The normalized spacial score (nSPS) is 24.1. The average Bonchev–Trinajstić information content (AvgIpc) is 3.16. The molecule has 1 aromatic carbocycles. The Morgan fingerprint density at radius 2 is 2.15 bits per heavy atom. The molecule has 2 aliphatic heterocycles. The zero-order chi connectivity index (χ0) is 19.4. The molecule has 2 unspecified atom stereocenters. The van der Waals surface area contributed by atoms with Crippen LogP contribution < -0.4 is 16.1 Å². The molecular formula is C19H29N5O3. The first-order valence-electron chi connectivity index (χ1n) is 9.62. The molecule has 148 valence electrons. The van der Waals surface area contributed by atoms with Gasteiger partial charge in [0, 0.05) is 26.3 Å². The van der Waals surface area contributed by atoms with Gasteiger partial charge in [-0.3, -0.25) is 9.69 Å². The maximum Gasteiger partial charge on any atom is 0.337 e. The number of hydrazine groups is 1. The molecule has 8 heteroatoms. The largest absolute Gasteiger partial charge is 0.478 e. The second-order valence-electron chi connectivity index (χ2n) is 7.25. The molecule has 2 heterocycles. The summed E-state index contributed by atoms with van der Waals surface area (Å²) in [7, 11) is 0. The number of carboxylic acid groups (broad SMARTS) is 1. The van der Waals surface area contributed by atoms with Gasteiger partial charge in [0.2, 0.25) is 5.91 Å². The molecule has 0 spiro atoms. The molecule has 0 aliphatic carbocycles. The highest BCUT2D eigenvalue weighted by Crippen LogP contribution is 2.22. The van der Waals surface area contributed by atoms with Crippen molar-refractivity contribution in [2.75, 3.05) is 31.6 Å². The van der Waals surface area contributed by atoms with E-state index < -0.39 is 5.97 Å². The van der Waals surface area contributed by atoms with E-state index in [1.807, 2.05) is 6.92 Å². The molecule has 8 nitrogen and oxygen atoms in total. The highest BCUT2D eigenvalue weighted by molar-refractivity contribution is 6.02.